The molecule has 0 aromatic rings. The molecule has 1 heterocycles. The molecule has 0 radical (unpaired) electrons. The Hall–Kier alpha value is -0.410. The molecule has 1 aliphatic heterocycles. The highest BCUT2D eigenvalue weighted by Gasteiger charge is 2.34. The molecular formula is C14H27NO2. The van der Waals surface area contributed by atoms with Gasteiger partial charge in [0.25, 0.3) is 0 Å². The molecular weight excluding hydrogens is 214 g/mol. The average molecular weight is 241 g/mol. The van der Waals surface area contributed by atoms with Crippen LogP contribution in [0.1, 0.15) is 64.7 Å². The number of hydrogen-bond acceptors (Lipinski definition) is 3. The second-order valence-corrected chi connectivity index (χ2v) is 5.21. The van der Waals surface area contributed by atoms with Crippen LogP contribution in [-0.4, -0.2) is 24.5 Å². The second kappa shape index (κ2) is 7.83. The fourth-order valence-electron chi connectivity index (χ4n) is 2.33. The van der Waals surface area contributed by atoms with Gasteiger partial charge in [0.05, 0.1) is 5.54 Å². The van der Waals surface area contributed by atoms with Gasteiger partial charge in [0.2, 0.25) is 0 Å². The molecule has 2 N–H and O–H groups in total. The lowest BCUT2D eigenvalue weighted by molar-refractivity contribution is -0.127. The van der Waals surface area contributed by atoms with E-state index < -0.39 is 5.54 Å². The first-order valence-electron chi connectivity index (χ1n) is 7.09. The summed E-state index contributed by atoms with van der Waals surface area (Å²) in [5.74, 6) is 0.247. The van der Waals surface area contributed by atoms with Gasteiger partial charge in [-0.2, -0.15) is 0 Å². The lowest BCUT2D eigenvalue weighted by atomic mass is 9.84. The molecule has 0 aromatic heterocycles. The van der Waals surface area contributed by atoms with Crippen molar-refractivity contribution in [2.24, 2.45) is 5.73 Å². The zero-order valence-corrected chi connectivity index (χ0v) is 11.2. The lowest BCUT2D eigenvalue weighted by Gasteiger charge is -2.31. The molecule has 1 rings (SSSR count). The number of ketones is 1. The van der Waals surface area contributed by atoms with Crippen molar-refractivity contribution < 1.29 is 9.53 Å². The Morgan fingerprint density at radius 3 is 2.35 bits per heavy atom. The third-order valence-electron chi connectivity index (χ3n) is 3.70. The highest BCUT2D eigenvalue weighted by Crippen LogP contribution is 2.21. The molecule has 0 aromatic carbocycles. The first kappa shape index (κ1) is 14.7. The Morgan fingerprint density at radius 1 is 1.12 bits per heavy atom. The van der Waals surface area contributed by atoms with E-state index in [1.165, 1.54) is 32.1 Å². The third-order valence-corrected chi connectivity index (χ3v) is 3.70. The van der Waals surface area contributed by atoms with Crippen molar-refractivity contribution in [3.05, 3.63) is 0 Å². The van der Waals surface area contributed by atoms with E-state index in [1.807, 2.05) is 0 Å². The summed E-state index contributed by atoms with van der Waals surface area (Å²) in [6, 6.07) is 0. The molecule has 3 heteroatoms. The number of hydrogen-bond donors (Lipinski definition) is 1. The smallest absolute Gasteiger partial charge is 0.152 e. The van der Waals surface area contributed by atoms with Gasteiger partial charge in [-0.25, -0.2) is 0 Å². The van der Waals surface area contributed by atoms with E-state index in [0.29, 0.717) is 32.5 Å². The van der Waals surface area contributed by atoms with Crippen LogP contribution in [0.15, 0.2) is 0 Å². The zero-order valence-electron chi connectivity index (χ0n) is 11.2. The topological polar surface area (TPSA) is 52.3 Å². The van der Waals surface area contributed by atoms with Gasteiger partial charge in [0.15, 0.2) is 5.78 Å². The Balaban J connectivity index is 2.11. The van der Waals surface area contributed by atoms with Gasteiger partial charge < -0.3 is 10.5 Å². The molecule has 0 bridgehead atoms. The van der Waals surface area contributed by atoms with Crippen LogP contribution in [0.25, 0.3) is 0 Å². The van der Waals surface area contributed by atoms with Crippen LogP contribution in [0.4, 0.5) is 0 Å². The predicted octanol–water partition coefficient (Wildman–Crippen LogP) is 2.81. The summed E-state index contributed by atoms with van der Waals surface area (Å²) < 4.78 is 5.25. The predicted molar refractivity (Wildman–Crippen MR) is 70.0 cm³/mol. The van der Waals surface area contributed by atoms with Crippen molar-refractivity contribution in [2.75, 3.05) is 13.2 Å². The third kappa shape index (κ3) is 5.17. The van der Waals surface area contributed by atoms with Gasteiger partial charge in [-0.15, -0.1) is 0 Å². The summed E-state index contributed by atoms with van der Waals surface area (Å²) in [5.41, 5.74) is 5.55. The minimum Gasteiger partial charge on any atom is -0.381 e. The maximum absolute atomic E-state index is 12.0. The summed E-state index contributed by atoms with van der Waals surface area (Å²) in [6.45, 7) is 3.49. The quantitative estimate of drug-likeness (QED) is 0.665. The van der Waals surface area contributed by atoms with Crippen molar-refractivity contribution in [3.8, 4) is 0 Å². The van der Waals surface area contributed by atoms with Gasteiger partial charge in [-0.3, -0.25) is 4.79 Å². The van der Waals surface area contributed by atoms with E-state index in [9.17, 15) is 4.79 Å². The van der Waals surface area contributed by atoms with Crippen molar-refractivity contribution in [2.45, 2.75) is 70.3 Å². The molecule has 1 fully saturated rings. The summed E-state index contributed by atoms with van der Waals surface area (Å²) in [5, 5.41) is 0. The Kier molecular flexibility index (Phi) is 6.75. The summed E-state index contributed by atoms with van der Waals surface area (Å²) in [7, 11) is 0. The maximum Gasteiger partial charge on any atom is 0.152 e. The van der Waals surface area contributed by atoms with Gasteiger partial charge in [0, 0.05) is 19.6 Å². The molecule has 0 atom stereocenters. The average Bonchev–Trinajstić information content (AvgIpc) is 2.34. The van der Waals surface area contributed by atoms with Crippen molar-refractivity contribution in [1.29, 1.82) is 0 Å². The molecule has 1 aliphatic rings. The van der Waals surface area contributed by atoms with Gasteiger partial charge in [-0.05, 0) is 19.3 Å². The Bertz CT molecular complexity index is 222. The van der Waals surface area contributed by atoms with Crippen molar-refractivity contribution >= 4 is 5.78 Å². The van der Waals surface area contributed by atoms with Crippen LogP contribution >= 0.6 is 0 Å². The number of carbonyl (C=O) groups excluding carboxylic acids is 1. The standard InChI is InChI=1S/C14H27NO2/c1-2-3-4-5-6-7-8-13(16)14(15)9-11-17-12-10-14/h2-12,15H2,1H3. The highest BCUT2D eigenvalue weighted by molar-refractivity contribution is 5.88. The monoisotopic (exact) mass is 241 g/mol. The lowest BCUT2D eigenvalue weighted by Crippen LogP contribution is -2.51. The number of unbranched alkanes of at least 4 members (excludes halogenated alkanes) is 5. The number of carbonyl (C=O) groups is 1. The SMILES string of the molecule is CCCCCCCCC(=O)C1(N)CCOCC1. The van der Waals surface area contributed by atoms with Crippen LogP contribution in [-0.2, 0) is 9.53 Å². The molecule has 0 aliphatic carbocycles. The normalized spacial score (nSPS) is 19.2. The molecule has 0 unspecified atom stereocenters. The number of rotatable bonds is 8. The van der Waals surface area contributed by atoms with E-state index in [1.54, 1.807) is 0 Å². The Labute approximate surface area is 105 Å². The van der Waals surface area contributed by atoms with E-state index in [-0.39, 0.29) is 5.78 Å². The molecule has 0 saturated carbocycles. The summed E-state index contributed by atoms with van der Waals surface area (Å²) in [6.07, 6.45) is 9.34. The highest BCUT2D eigenvalue weighted by atomic mass is 16.5. The molecule has 17 heavy (non-hydrogen) atoms. The van der Waals surface area contributed by atoms with Crippen LogP contribution < -0.4 is 5.73 Å². The first-order chi connectivity index (χ1) is 8.19. The fourth-order valence-corrected chi connectivity index (χ4v) is 2.33. The maximum atomic E-state index is 12.0. The summed E-state index contributed by atoms with van der Waals surface area (Å²) >= 11 is 0. The van der Waals surface area contributed by atoms with Gasteiger partial charge in [-0.1, -0.05) is 39.0 Å². The first-order valence-corrected chi connectivity index (χ1v) is 7.09. The fraction of sp³-hybridized carbons (Fsp3) is 0.929. The number of nitrogens with two attached hydrogens (primary N) is 1. The molecule has 1 saturated heterocycles. The van der Waals surface area contributed by atoms with E-state index in [2.05, 4.69) is 6.92 Å². The minimum absolute atomic E-state index is 0.247. The zero-order chi connectivity index (χ0) is 12.6. The van der Waals surface area contributed by atoms with E-state index in [0.717, 1.165) is 6.42 Å². The van der Waals surface area contributed by atoms with Gasteiger partial charge >= 0.3 is 0 Å². The summed E-state index contributed by atoms with van der Waals surface area (Å²) in [4.78, 5) is 12.0. The molecule has 3 nitrogen and oxygen atoms in total. The van der Waals surface area contributed by atoms with E-state index in [4.69, 9.17) is 10.5 Å². The van der Waals surface area contributed by atoms with Crippen molar-refractivity contribution in [3.63, 3.8) is 0 Å². The number of ether oxygens (including phenoxy) is 1. The van der Waals surface area contributed by atoms with Crippen LogP contribution in [0, 0.1) is 0 Å². The van der Waals surface area contributed by atoms with Crippen LogP contribution in [0.3, 0.4) is 0 Å². The Morgan fingerprint density at radius 2 is 1.71 bits per heavy atom. The molecule has 0 amide bonds. The van der Waals surface area contributed by atoms with Crippen molar-refractivity contribution in [1.82, 2.24) is 0 Å². The van der Waals surface area contributed by atoms with Gasteiger partial charge in [0.1, 0.15) is 0 Å². The number of Topliss-reactive ketones (excluding diaryl/α,β-unsaturated/α-hetero) is 1. The van der Waals surface area contributed by atoms with Crippen LogP contribution in [0.5, 0.6) is 0 Å². The minimum atomic E-state index is -0.582. The second-order valence-electron chi connectivity index (χ2n) is 5.21. The largest absolute Gasteiger partial charge is 0.381 e. The molecule has 100 valence electrons. The van der Waals surface area contributed by atoms with E-state index >= 15 is 0 Å². The molecule has 0 spiro atoms. The van der Waals surface area contributed by atoms with Crippen LogP contribution in [0.2, 0.25) is 0 Å².